The maximum absolute atomic E-state index is 14.1. The van der Waals surface area contributed by atoms with E-state index in [1.807, 2.05) is 82.6 Å². The second-order valence-corrected chi connectivity index (χ2v) is 24.5. The lowest BCUT2D eigenvalue weighted by atomic mass is 9.65. The lowest BCUT2D eigenvalue weighted by Crippen LogP contribution is -2.30. The molecule has 4 nitrogen and oxygen atoms in total. The monoisotopic (exact) mass is 1060 g/mol. The molecule has 14 rings (SSSR count). The van der Waals surface area contributed by atoms with E-state index in [4.69, 9.17) is 4.79 Å². The SMILES string of the molecule is C.C.C=O.Cc1ccc(C2(c3ccc(C)cc3)c3cc4c(cc3-c3sc(CC/C=C5\C(=O)c6ccccc6\C5=C(/C#N)C5=CN5)cc32)C(c2ccc(C)cc2)(c2ccc(C)cc2)c2c-4sc3c2sc2cc(C)sc23)cc1. The third-order valence-corrected chi connectivity index (χ3v) is 20.8. The van der Waals surface area contributed by atoms with Crippen LogP contribution in [-0.2, 0) is 22.0 Å². The van der Waals surface area contributed by atoms with Crippen molar-refractivity contribution in [3.8, 4) is 27.0 Å². The normalized spacial score (nSPS) is 15.8. The molecule has 0 saturated heterocycles. The van der Waals surface area contributed by atoms with Crippen molar-refractivity contribution in [3.05, 3.63) is 262 Å². The standard InChI is InChI=1S/C65H46N2OS4.CH2O.2CH4/c1-35-13-21-40(22-14-35)64(41-23-15-36(2)16-24-41)51-32-49-52(31-48(51)59-53(64)30-44(70-59)9-8-12-47-56(50(33-66)54-34-67-54)45-10-6-7-11-46(45)58(47)68)65(42-25-17-37(3)18-26-42,43-27-19-38(4)20-28-43)57-60(49)72-63-61-55(71-62(57)63)29-39(5)69-61;1-2;;/h6-7,10-32,34,67H,8-9H2,1-5H3;1H2;2*1H4/b47-12-,56-50-;;;. The Balaban J connectivity index is 0.00000152. The average Bonchev–Trinajstić information content (AvgIpc) is 3.94. The minimum atomic E-state index is -0.605. The summed E-state index contributed by atoms with van der Waals surface area (Å²) >= 11 is 7.80. The number of Topliss-reactive ketones (excluding diaryl/α,β-unsaturated/α-hetero) is 1. The van der Waals surface area contributed by atoms with Gasteiger partial charge in [-0.2, -0.15) is 5.26 Å². The molecule has 76 heavy (non-hydrogen) atoms. The average molecular weight is 1060 g/mol. The molecule has 4 aromatic heterocycles. The van der Waals surface area contributed by atoms with Gasteiger partial charge in [0.05, 0.1) is 36.2 Å². The summed E-state index contributed by atoms with van der Waals surface area (Å²) in [6, 6.07) is 57.6. The van der Waals surface area contributed by atoms with Gasteiger partial charge in [-0.25, -0.2) is 0 Å². The van der Waals surface area contributed by atoms with Gasteiger partial charge in [-0.15, -0.1) is 45.3 Å². The fraction of sp³-hybridized carbons (Fsp3) is 0.162. The Morgan fingerprint density at radius 1 is 0.579 bits per heavy atom. The van der Waals surface area contributed by atoms with Gasteiger partial charge >= 0.3 is 0 Å². The third kappa shape index (κ3) is 7.24. The Morgan fingerprint density at radius 2 is 1.09 bits per heavy atom. The molecule has 5 heterocycles. The lowest BCUT2D eigenvalue weighted by molar-refractivity contribution is -0.0980. The van der Waals surface area contributed by atoms with Crippen molar-refractivity contribution in [1.29, 1.82) is 5.26 Å². The third-order valence-electron chi connectivity index (χ3n) is 15.7. The van der Waals surface area contributed by atoms with Gasteiger partial charge in [0.1, 0.15) is 12.9 Å². The summed E-state index contributed by atoms with van der Waals surface area (Å²) in [6.45, 7) is 13.0. The van der Waals surface area contributed by atoms with E-state index < -0.39 is 10.8 Å². The number of benzene rings is 6. The van der Waals surface area contributed by atoms with Crippen LogP contribution in [0.2, 0.25) is 0 Å². The number of fused-ring (bicyclic) bond motifs is 11. The van der Waals surface area contributed by atoms with Gasteiger partial charge in [0.15, 0.2) is 5.78 Å². The highest BCUT2D eigenvalue weighted by Gasteiger charge is 2.54. The zero-order chi connectivity index (χ0) is 50.8. The van der Waals surface area contributed by atoms with E-state index in [1.165, 1.54) is 116 Å². The second-order valence-electron chi connectivity index (χ2n) is 20.1. The summed E-state index contributed by atoms with van der Waals surface area (Å²) in [4.78, 5) is 27.4. The molecular formula is C68H56N2O2S4. The van der Waals surface area contributed by atoms with E-state index in [-0.39, 0.29) is 20.6 Å². The van der Waals surface area contributed by atoms with Gasteiger partial charge in [-0.1, -0.05) is 165 Å². The van der Waals surface area contributed by atoms with Gasteiger partial charge in [-0.05, 0) is 127 Å². The van der Waals surface area contributed by atoms with Crippen LogP contribution in [0.25, 0.3) is 45.3 Å². The summed E-state index contributed by atoms with van der Waals surface area (Å²) in [7, 11) is 0. The van der Waals surface area contributed by atoms with E-state index in [0.717, 1.165) is 23.3 Å². The zero-order valence-corrected chi connectivity index (χ0v) is 44.8. The Labute approximate surface area is 461 Å². The molecule has 0 bridgehead atoms. The number of carbonyl (C=O) groups excluding carboxylic acids is 2. The molecule has 10 aromatic rings. The number of hydrogen-bond donors (Lipinski definition) is 1. The van der Waals surface area contributed by atoms with Crippen molar-refractivity contribution in [2.45, 2.75) is 73.1 Å². The first-order valence-electron chi connectivity index (χ1n) is 24.9. The predicted molar refractivity (Wildman–Crippen MR) is 323 cm³/mol. The maximum atomic E-state index is 14.1. The molecule has 374 valence electrons. The number of nitrogens with one attached hydrogen (secondary N) is 1. The second kappa shape index (κ2) is 18.9. The number of carbonyl (C=O) groups is 2. The predicted octanol–water partition coefficient (Wildman–Crippen LogP) is 18.1. The van der Waals surface area contributed by atoms with Gasteiger partial charge in [0.25, 0.3) is 0 Å². The van der Waals surface area contributed by atoms with Gasteiger partial charge in [0, 0.05) is 52.7 Å². The smallest absolute Gasteiger partial charge is 0.193 e. The number of nitriles is 1. The van der Waals surface area contributed by atoms with Gasteiger partial charge in [0.2, 0.25) is 0 Å². The molecule has 4 aliphatic rings. The van der Waals surface area contributed by atoms with Crippen LogP contribution in [0.15, 0.2) is 175 Å². The highest BCUT2D eigenvalue weighted by Crippen LogP contribution is 2.67. The van der Waals surface area contributed by atoms with E-state index in [0.29, 0.717) is 23.1 Å². The number of nitrogens with zero attached hydrogens (tertiary/aromatic N) is 1. The number of allylic oxidation sites excluding steroid dienone is 4. The molecule has 6 aromatic carbocycles. The summed E-state index contributed by atoms with van der Waals surface area (Å²) in [5.41, 5.74) is 21.0. The van der Waals surface area contributed by atoms with Crippen LogP contribution in [0.3, 0.4) is 0 Å². The van der Waals surface area contributed by atoms with E-state index in [1.54, 1.807) is 0 Å². The Kier molecular flexibility index (Phi) is 12.6. The number of rotatable bonds is 8. The molecule has 0 unspecified atom stereocenters. The Hall–Kier alpha value is -7.51. The number of hydrogen-bond acceptors (Lipinski definition) is 8. The highest BCUT2D eigenvalue weighted by atomic mass is 32.1. The maximum Gasteiger partial charge on any atom is 0.193 e. The van der Waals surface area contributed by atoms with Gasteiger partial charge < -0.3 is 10.1 Å². The van der Waals surface area contributed by atoms with Crippen LogP contribution in [-0.4, -0.2) is 12.6 Å². The first-order valence-corrected chi connectivity index (χ1v) is 28.2. The molecule has 0 radical (unpaired) electrons. The van der Waals surface area contributed by atoms with Crippen molar-refractivity contribution in [3.63, 3.8) is 0 Å². The molecule has 0 fully saturated rings. The molecule has 0 atom stereocenters. The van der Waals surface area contributed by atoms with Crippen LogP contribution in [0, 0.1) is 45.9 Å². The van der Waals surface area contributed by atoms with Crippen LogP contribution in [0.1, 0.15) is 114 Å². The van der Waals surface area contributed by atoms with Crippen molar-refractivity contribution in [2.75, 3.05) is 0 Å². The van der Waals surface area contributed by atoms with Crippen LogP contribution >= 0.6 is 45.3 Å². The quantitative estimate of drug-likeness (QED) is 0.121. The van der Waals surface area contributed by atoms with Crippen molar-refractivity contribution in [2.24, 2.45) is 0 Å². The number of thiophene rings is 4. The van der Waals surface area contributed by atoms with Crippen LogP contribution in [0.4, 0.5) is 0 Å². The number of ketones is 1. The minimum Gasteiger partial charge on any atom is -0.357 e. The Morgan fingerprint density at radius 3 is 1.63 bits per heavy atom. The number of aryl methyl sites for hydroxylation is 6. The molecule has 0 spiro atoms. The van der Waals surface area contributed by atoms with Crippen molar-refractivity contribution < 1.29 is 9.59 Å². The lowest BCUT2D eigenvalue weighted by Gasteiger charge is -2.35. The van der Waals surface area contributed by atoms with E-state index in [2.05, 4.69) is 173 Å². The fourth-order valence-corrected chi connectivity index (χ4v) is 17.8. The summed E-state index contributed by atoms with van der Waals surface area (Å²) in [6.07, 6.45) is 5.32. The molecular weight excluding hydrogens is 1010 g/mol. The van der Waals surface area contributed by atoms with E-state index in [9.17, 15) is 10.1 Å². The molecule has 3 aliphatic carbocycles. The van der Waals surface area contributed by atoms with Crippen LogP contribution in [0.5, 0.6) is 0 Å². The topological polar surface area (TPSA) is 79.9 Å². The van der Waals surface area contributed by atoms with Crippen molar-refractivity contribution >= 4 is 82.3 Å². The fourth-order valence-electron chi connectivity index (χ4n) is 12.3. The van der Waals surface area contributed by atoms with Gasteiger partial charge in [-0.3, -0.25) is 4.79 Å². The molecule has 1 aliphatic heterocycles. The summed E-state index contributed by atoms with van der Waals surface area (Å²) < 4.78 is 5.60. The molecule has 8 heteroatoms. The van der Waals surface area contributed by atoms with Crippen LogP contribution < -0.4 is 5.32 Å². The molecule has 0 saturated carbocycles. The first kappa shape index (κ1) is 50.6. The summed E-state index contributed by atoms with van der Waals surface area (Å²) in [5.74, 6) is -0.0160. The first-order chi connectivity index (χ1) is 36.1. The highest BCUT2D eigenvalue weighted by molar-refractivity contribution is 7.39. The molecule has 1 N–H and O–H groups in total. The summed E-state index contributed by atoms with van der Waals surface area (Å²) in [5, 5.41) is 13.5. The van der Waals surface area contributed by atoms with Crippen molar-refractivity contribution in [1.82, 2.24) is 5.32 Å². The minimum absolute atomic E-state index is 0. The Bertz CT molecular complexity index is 4050. The molecule has 0 amide bonds. The zero-order valence-electron chi connectivity index (χ0n) is 41.5. The van der Waals surface area contributed by atoms with E-state index >= 15 is 0 Å². The largest absolute Gasteiger partial charge is 0.357 e.